The fraction of sp³-hybridized carbons (Fsp3) is 0.550. The van der Waals surface area contributed by atoms with Gasteiger partial charge in [-0.1, -0.05) is 13.3 Å². The monoisotopic (exact) mass is 370 g/mol. The van der Waals surface area contributed by atoms with Crippen molar-refractivity contribution in [2.45, 2.75) is 58.7 Å². The molecular weight excluding hydrogens is 344 g/mol. The summed E-state index contributed by atoms with van der Waals surface area (Å²) in [5.74, 6) is 0.642. The average molecular weight is 370 g/mol. The van der Waals surface area contributed by atoms with E-state index < -0.39 is 0 Å². The lowest BCUT2D eigenvalue weighted by Crippen LogP contribution is -2.32. The van der Waals surface area contributed by atoms with Gasteiger partial charge >= 0.3 is 0 Å². The topological polar surface area (TPSA) is 93.3 Å². The Labute approximate surface area is 158 Å². The summed E-state index contributed by atoms with van der Waals surface area (Å²) in [6.07, 6.45) is 4.90. The lowest BCUT2D eigenvalue weighted by Gasteiger charge is -2.33. The first kappa shape index (κ1) is 18.1. The Hall–Kier alpha value is -2.25. The number of ether oxygens (including phenoxy) is 1. The highest BCUT2D eigenvalue weighted by molar-refractivity contribution is 6.06. The fourth-order valence-corrected chi connectivity index (χ4v) is 3.73. The molecule has 0 fully saturated rings. The van der Waals surface area contributed by atoms with E-state index in [4.69, 9.17) is 19.2 Å². The summed E-state index contributed by atoms with van der Waals surface area (Å²) >= 11 is 0. The molecule has 0 saturated carbocycles. The van der Waals surface area contributed by atoms with E-state index in [1.165, 1.54) is 11.1 Å². The molecule has 1 aliphatic heterocycles. The Bertz CT molecular complexity index is 980. The number of aryl methyl sites for hydroxylation is 1. The molecule has 0 saturated heterocycles. The van der Waals surface area contributed by atoms with Crippen LogP contribution in [0.4, 0.5) is 5.82 Å². The Morgan fingerprint density at radius 3 is 2.89 bits per heavy atom. The number of anilines is 1. The van der Waals surface area contributed by atoms with Gasteiger partial charge in [-0.15, -0.1) is 0 Å². The Morgan fingerprint density at radius 2 is 2.11 bits per heavy atom. The molecule has 0 aliphatic carbocycles. The van der Waals surface area contributed by atoms with Gasteiger partial charge in [-0.3, -0.25) is 0 Å². The molecule has 0 amide bonds. The third-order valence-electron chi connectivity index (χ3n) is 5.03. The molecule has 144 valence electrons. The molecule has 0 atom stereocenters. The van der Waals surface area contributed by atoms with Crippen molar-refractivity contribution in [3.05, 3.63) is 23.1 Å². The number of nitrogens with zero attached hydrogens (tertiary/aromatic N) is 3. The molecule has 7 heteroatoms. The molecule has 3 aromatic rings. The lowest BCUT2D eigenvalue weighted by atomic mass is 9.88. The van der Waals surface area contributed by atoms with Gasteiger partial charge in [-0.05, 0) is 32.3 Å². The largest absolute Gasteiger partial charge is 0.432 e. The van der Waals surface area contributed by atoms with Crippen LogP contribution >= 0.6 is 0 Å². The van der Waals surface area contributed by atoms with Crippen LogP contribution in [0, 0.1) is 0 Å². The molecule has 4 rings (SSSR count). The summed E-state index contributed by atoms with van der Waals surface area (Å²) in [5, 5.41) is 13.2. The van der Waals surface area contributed by atoms with Gasteiger partial charge in [-0.25, -0.2) is 15.0 Å². The number of hydrogen-bond acceptors (Lipinski definition) is 7. The fourth-order valence-electron chi connectivity index (χ4n) is 3.73. The molecule has 0 aromatic carbocycles. The van der Waals surface area contributed by atoms with Crippen LogP contribution < -0.4 is 5.32 Å². The predicted molar refractivity (Wildman–Crippen MR) is 104 cm³/mol. The maximum absolute atomic E-state index is 9.02. The number of hydrogen-bond donors (Lipinski definition) is 2. The van der Waals surface area contributed by atoms with Gasteiger partial charge in [0.1, 0.15) is 11.8 Å². The Kier molecular flexibility index (Phi) is 4.74. The second-order valence-electron chi connectivity index (χ2n) is 7.68. The van der Waals surface area contributed by atoms with Crippen molar-refractivity contribution in [1.29, 1.82) is 0 Å². The number of aliphatic hydroxyl groups excluding tert-OH is 1. The zero-order chi connectivity index (χ0) is 19.0. The average Bonchev–Trinajstić information content (AvgIpc) is 3.01. The van der Waals surface area contributed by atoms with E-state index in [-0.39, 0.29) is 12.2 Å². The maximum atomic E-state index is 9.02. The zero-order valence-electron chi connectivity index (χ0n) is 16.1. The van der Waals surface area contributed by atoms with Crippen LogP contribution in [0.3, 0.4) is 0 Å². The SMILES string of the molecule is CCCc1nc2oc3c(NCCCO)ncnc3c2c2c1COC(C)(C)C2. The van der Waals surface area contributed by atoms with Crippen molar-refractivity contribution in [2.24, 2.45) is 0 Å². The normalized spacial score (nSPS) is 16.0. The number of rotatable bonds is 6. The second kappa shape index (κ2) is 7.05. The summed E-state index contributed by atoms with van der Waals surface area (Å²) in [4.78, 5) is 13.7. The van der Waals surface area contributed by atoms with E-state index >= 15 is 0 Å². The molecule has 4 heterocycles. The minimum atomic E-state index is -0.233. The Morgan fingerprint density at radius 1 is 1.26 bits per heavy atom. The molecule has 0 bridgehead atoms. The lowest BCUT2D eigenvalue weighted by molar-refractivity contribution is -0.0401. The summed E-state index contributed by atoms with van der Waals surface area (Å²) in [6.45, 7) is 7.69. The summed E-state index contributed by atoms with van der Waals surface area (Å²) in [6, 6.07) is 0. The maximum Gasteiger partial charge on any atom is 0.229 e. The van der Waals surface area contributed by atoms with E-state index in [0.29, 0.717) is 36.7 Å². The number of furan rings is 1. The van der Waals surface area contributed by atoms with E-state index in [0.717, 1.165) is 35.9 Å². The van der Waals surface area contributed by atoms with E-state index in [2.05, 4.69) is 36.1 Å². The molecule has 27 heavy (non-hydrogen) atoms. The van der Waals surface area contributed by atoms with Gasteiger partial charge < -0.3 is 19.6 Å². The van der Waals surface area contributed by atoms with Crippen LogP contribution in [-0.4, -0.2) is 38.8 Å². The van der Waals surface area contributed by atoms with Crippen LogP contribution in [0.15, 0.2) is 10.7 Å². The highest BCUT2D eigenvalue weighted by Gasteiger charge is 2.32. The third kappa shape index (κ3) is 3.26. The molecule has 1 aliphatic rings. The molecule has 0 radical (unpaired) electrons. The van der Waals surface area contributed by atoms with Crippen LogP contribution in [0.1, 0.15) is 50.4 Å². The number of aliphatic hydroxyl groups is 1. The first-order chi connectivity index (χ1) is 13.0. The van der Waals surface area contributed by atoms with Gasteiger partial charge in [0.05, 0.1) is 23.3 Å². The quantitative estimate of drug-likeness (QED) is 0.643. The van der Waals surface area contributed by atoms with Gasteiger partial charge in [0, 0.05) is 25.1 Å². The standard InChI is InChI=1S/C20H26N4O3/c1-4-6-14-13-10-26-20(2,3)9-12(13)15-16-17(27-19(15)24-14)18(23-11-22-16)21-7-5-8-25/h11,25H,4-10H2,1-3H3,(H,21,22,23). The van der Waals surface area contributed by atoms with Crippen molar-refractivity contribution in [2.75, 3.05) is 18.5 Å². The first-order valence-corrected chi connectivity index (χ1v) is 9.60. The first-order valence-electron chi connectivity index (χ1n) is 9.60. The van der Waals surface area contributed by atoms with Crippen LogP contribution in [0.25, 0.3) is 22.2 Å². The summed E-state index contributed by atoms with van der Waals surface area (Å²) < 4.78 is 12.2. The zero-order valence-corrected chi connectivity index (χ0v) is 16.1. The molecule has 0 spiro atoms. The van der Waals surface area contributed by atoms with Crippen molar-refractivity contribution in [3.63, 3.8) is 0 Å². The minimum Gasteiger partial charge on any atom is -0.432 e. The summed E-state index contributed by atoms with van der Waals surface area (Å²) in [7, 11) is 0. The third-order valence-corrected chi connectivity index (χ3v) is 5.03. The predicted octanol–water partition coefficient (Wildman–Crippen LogP) is 3.37. The number of aromatic nitrogens is 3. The van der Waals surface area contributed by atoms with E-state index in [1.54, 1.807) is 6.33 Å². The van der Waals surface area contributed by atoms with E-state index in [1.807, 2.05) is 0 Å². The molecule has 0 unspecified atom stereocenters. The van der Waals surface area contributed by atoms with Crippen LogP contribution in [-0.2, 0) is 24.2 Å². The van der Waals surface area contributed by atoms with Crippen molar-refractivity contribution < 1.29 is 14.3 Å². The van der Waals surface area contributed by atoms with Gasteiger partial charge in [0.25, 0.3) is 0 Å². The summed E-state index contributed by atoms with van der Waals surface area (Å²) in [5.41, 5.74) is 5.27. The highest BCUT2D eigenvalue weighted by atomic mass is 16.5. The number of pyridine rings is 1. The minimum absolute atomic E-state index is 0.131. The second-order valence-corrected chi connectivity index (χ2v) is 7.68. The van der Waals surface area contributed by atoms with Gasteiger partial charge in [0.2, 0.25) is 5.71 Å². The highest BCUT2D eigenvalue weighted by Crippen LogP contribution is 2.39. The molecule has 7 nitrogen and oxygen atoms in total. The van der Waals surface area contributed by atoms with E-state index in [9.17, 15) is 0 Å². The van der Waals surface area contributed by atoms with Crippen molar-refractivity contribution >= 4 is 28.0 Å². The van der Waals surface area contributed by atoms with Crippen molar-refractivity contribution in [1.82, 2.24) is 15.0 Å². The molecule has 2 N–H and O–H groups in total. The van der Waals surface area contributed by atoms with Crippen LogP contribution in [0.5, 0.6) is 0 Å². The van der Waals surface area contributed by atoms with Crippen LogP contribution in [0.2, 0.25) is 0 Å². The number of nitrogens with one attached hydrogen (secondary N) is 1. The molecular formula is C20H26N4O3. The number of fused-ring (bicyclic) bond motifs is 5. The van der Waals surface area contributed by atoms with Gasteiger partial charge in [-0.2, -0.15) is 0 Å². The Balaban J connectivity index is 1.93. The smallest absolute Gasteiger partial charge is 0.229 e. The molecule has 3 aromatic heterocycles. The van der Waals surface area contributed by atoms with Gasteiger partial charge in [0.15, 0.2) is 11.4 Å². The van der Waals surface area contributed by atoms with Crippen molar-refractivity contribution in [3.8, 4) is 0 Å².